The standard InChI is InChI=1S/C27H48O2/c1-18(17-28)8-7-9-19(2)21-11-12-22-20-16-25(29)24-10-5-6-14-26(24,3)23(20)13-15-27(21,22)4/h18-25,28-29H,5-17H2,1-4H3/t18?,19?,20-,21+,22-,23-,24?,25-,26+,27+/m0/s1. The fourth-order valence-electron chi connectivity index (χ4n) is 9.41. The van der Waals surface area contributed by atoms with Gasteiger partial charge in [0.1, 0.15) is 0 Å². The molecule has 4 fully saturated rings. The van der Waals surface area contributed by atoms with E-state index in [-0.39, 0.29) is 6.10 Å². The highest BCUT2D eigenvalue weighted by Crippen LogP contribution is 2.68. The first-order valence-corrected chi connectivity index (χ1v) is 13.1. The first kappa shape index (κ1) is 22.1. The van der Waals surface area contributed by atoms with E-state index in [0.717, 1.165) is 36.0 Å². The maximum atomic E-state index is 11.2. The van der Waals surface area contributed by atoms with Crippen molar-refractivity contribution in [2.75, 3.05) is 6.61 Å². The lowest BCUT2D eigenvalue weighted by Gasteiger charge is -2.62. The summed E-state index contributed by atoms with van der Waals surface area (Å²) in [5, 5.41) is 20.5. The molecule has 4 saturated carbocycles. The molecular weight excluding hydrogens is 356 g/mol. The molecule has 29 heavy (non-hydrogen) atoms. The minimum atomic E-state index is -0.0413. The van der Waals surface area contributed by atoms with Crippen molar-refractivity contribution in [2.45, 2.75) is 111 Å². The Labute approximate surface area is 180 Å². The van der Waals surface area contributed by atoms with Crippen molar-refractivity contribution in [3.05, 3.63) is 0 Å². The van der Waals surface area contributed by atoms with E-state index >= 15 is 0 Å². The van der Waals surface area contributed by atoms with E-state index < -0.39 is 0 Å². The van der Waals surface area contributed by atoms with Crippen LogP contribution in [0.4, 0.5) is 0 Å². The summed E-state index contributed by atoms with van der Waals surface area (Å²) in [6.45, 7) is 10.2. The Morgan fingerprint density at radius 1 is 0.862 bits per heavy atom. The van der Waals surface area contributed by atoms with Crippen LogP contribution in [0.25, 0.3) is 0 Å². The molecule has 4 aliphatic carbocycles. The Balaban J connectivity index is 1.46. The van der Waals surface area contributed by atoms with E-state index in [4.69, 9.17) is 0 Å². The van der Waals surface area contributed by atoms with Crippen LogP contribution in [0, 0.1) is 52.3 Å². The van der Waals surface area contributed by atoms with Crippen LogP contribution in [0.5, 0.6) is 0 Å². The molecule has 0 aromatic rings. The maximum absolute atomic E-state index is 11.2. The molecule has 0 spiro atoms. The van der Waals surface area contributed by atoms with Crippen molar-refractivity contribution in [1.29, 1.82) is 0 Å². The van der Waals surface area contributed by atoms with Gasteiger partial charge in [-0.05, 0) is 104 Å². The van der Waals surface area contributed by atoms with Gasteiger partial charge in [-0.15, -0.1) is 0 Å². The third kappa shape index (κ3) is 3.73. The molecule has 2 N–H and O–H groups in total. The Morgan fingerprint density at radius 2 is 1.62 bits per heavy atom. The summed E-state index contributed by atoms with van der Waals surface area (Å²) in [4.78, 5) is 0. The lowest BCUT2D eigenvalue weighted by atomic mass is 9.44. The van der Waals surface area contributed by atoms with Gasteiger partial charge < -0.3 is 10.2 Å². The van der Waals surface area contributed by atoms with Gasteiger partial charge in [-0.25, -0.2) is 0 Å². The number of rotatable bonds is 6. The highest BCUT2D eigenvalue weighted by molar-refractivity contribution is 5.10. The zero-order chi connectivity index (χ0) is 20.8. The van der Waals surface area contributed by atoms with Gasteiger partial charge in [0.15, 0.2) is 0 Å². The average Bonchev–Trinajstić information content (AvgIpc) is 3.05. The molecule has 10 atom stereocenters. The molecule has 0 bridgehead atoms. The van der Waals surface area contributed by atoms with E-state index in [1.807, 2.05) is 0 Å². The number of fused-ring (bicyclic) bond motifs is 5. The second-order valence-electron chi connectivity index (χ2n) is 12.5. The second kappa shape index (κ2) is 8.45. The minimum absolute atomic E-state index is 0.0413. The van der Waals surface area contributed by atoms with Crippen LogP contribution in [-0.4, -0.2) is 22.9 Å². The van der Waals surface area contributed by atoms with Gasteiger partial charge in [0.25, 0.3) is 0 Å². The second-order valence-corrected chi connectivity index (χ2v) is 12.5. The highest BCUT2D eigenvalue weighted by atomic mass is 16.3. The van der Waals surface area contributed by atoms with Gasteiger partial charge in [-0.2, -0.15) is 0 Å². The number of aliphatic hydroxyl groups excluding tert-OH is 2. The summed E-state index contributed by atoms with van der Waals surface area (Å²) in [6, 6.07) is 0. The fourth-order valence-corrected chi connectivity index (χ4v) is 9.41. The van der Waals surface area contributed by atoms with Crippen molar-refractivity contribution in [1.82, 2.24) is 0 Å². The summed E-state index contributed by atoms with van der Waals surface area (Å²) in [7, 11) is 0. The molecule has 4 aliphatic rings. The fraction of sp³-hybridized carbons (Fsp3) is 1.00. The van der Waals surface area contributed by atoms with Crippen molar-refractivity contribution in [3.63, 3.8) is 0 Å². The van der Waals surface area contributed by atoms with Crippen molar-refractivity contribution in [2.24, 2.45) is 52.3 Å². The molecular formula is C27H48O2. The summed E-state index contributed by atoms with van der Waals surface area (Å²) in [5.41, 5.74) is 0.910. The minimum Gasteiger partial charge on any atom is -0.396 e. The first-order valence-electron chi connectivity index (χ1n) is 13.1. The first-order chi connectivity index (χ1) is 13.8. The Kier molecular flexibility index (Phi) is 6.45. The molecule has 0 heterocycles. The molecule has 0 saturated heterocycles. The Bertz CT molecular complexity index is 561. The van der Waals surface area contributed by atoms with Crippen molar-refractivity contribution in [3.8, 4) is 0 Å². The molecule has 0 radical (unpaired) electrons. The molecule has 4 rings (SSSR count). The van der Waals surface area contributed by atoms with Gasteiger partial charge in [-0.3, -0.25) is 0 Å². The Hall–Kier alpha value is -0.0800. The van der Waals surface area contributed by atoms with Crippen LogP contribution >= 0.6 is 0 Å². The zero-order valence-electron chi connectivity index (χ0n) is 19.7. The third-order valence-corrected chi connectivity index (χ3v) is 11.0. The van der Waals surface area contributed by atoms with Crippen LogP contribution in [0.1, 0.15) is 105 Å². The number of hydrogen-bond donors (Lipinski definition) is 2. The summed E-state index contributed by atoms with van der Waals surface area (Å²) in [6.07, 6.45) is 15.9. The Morgan fingerprint density at radius 3 is 2.38 bits per heavy atom. The smallest absolute Gasteiger partial charge is 0.0576 e. The van der Waals surface area contributed by atoms with E-state index in [1.165, 1.54) is 70.6 Å². The third-order valence-electron chi connectivity index (χ3n) is 11.0. The molecule has 0 aromatic heterocycles. The summed E-state index contributed by atoms with van der Waals surface area (Å²) >= 11 is 0. The normalized spacial score (nSPS) is 49.0. The van der Waals surface area contributed by atoms with E-state index in [2.05, 4.69) is 27.7 Å². The molecule has 168 valence electrons. The van der Waals surface area contributed by atoms with E-state index in [1.54, 1.807) is 0 Å². The summed E-state index contributed by atoms with van der Waals surface area (Å²) < 4.78 is 0. The van der Waals surface area contributed by atoms with Crippen LogP contribution in [0.2, 0.25) is 0 Å². The van der Waals surface area contributed by atoms with E-state index in [9.17, 15) is 10.2 Å². The zero-order valence-corrected chi connectivity index (χ0v) is 19.7. The van der Waals surface area contributed by atoms with E-state index in [0.29, 0.717) is 29.3 Å². The molecule has 2 nitrogen and oxygen atoms in total. The molecule has 0 aromatic carbocycles. The van der Waals surface area contributed by atoms with Gasteiger partial charge in [-0.1, -0.05) is 53.4 Å². The number of hydrogen-bond acceptors (Lipinski definition) is 2. The van der Waals surface area contributed by atoms with Gasteiger partial charge in [0.05, 0.1) is 6.10 Å². The monoisotopic (exact) mass is 404 g/mol. The number of aliphatic hydroxyl groups is 2. The topological polar surface area (TPSA) is 40.5 Å². The summed E-state index contributed by atoms with van der Waals surface area (Å²) in [5.74, 6) is 5.19. The molecule has 2 heteroatoms. The van der Waals surface area contributed by atoms with Crippen LogP contribution in [0.15, 0.2) is 0 Å². The SMILES string of the molecule is CC(CO)CCCC(C)[C@H]1CC[C@H]2[C@@H]3C[C@H](O)C4CCCC[C@]4(C)[C@H]3CC[C@]12C. The van der Waals surface area contributed by atoms with Gasteiger partial charge in [0.2, 0.25) is 0 Å². The quantitative estimate of drug-likeness (QED) is 0.534. The lowest BCUT2D eigenvalue weighted by Crippen LogP contribution is -2.57. The average molecular weight is 405 g/mol. The van der Waals surface area contributed by atoms with Crippen LogP contribution < -0.4 is 0 Å². The predicted molar refractivity (Wildman–Crippen MR) is 120 cm³/mol. The maximum Gasteiger partial charge on any atom is 0.0576 e. The van der Waals surface area contributed by atoms with Crippen molar-refractivity contribution < 1.29 is 10.2 Å². The van der Waals surface area contributed by atoms with Crippen LogP contribution in [-0.2, 0) is 0 Å². The highest BCUT2D eigenvalue weighted by Gasteiger charge is 2.61. The van der Waals surface area contributed by atoms with Crippen molar-refractivity contribution >= 4 is 0 Å². The predicted octanol–water partition coefficient (Wildman–Crippen LogP) is 6.44. The molecule has 0 amide bonds. The van der Waals surface area contributed by atoms with Crippen LogP contribution in [0.3, 0.4) is 0 Å². The lowest BCUT2D eigenvalue weighted by molar-refractivity contribution is -0.159. The van der Waals surface area contributed by atoms with Gasteiger partial charge in [0, 0.05) is 6.61 Å². The van der Waals surface area contributed by atoms with Gasteiger partial charge >= 0.3 is 0 Å². The molecule has 0 aliphatic heterocycles. The molecule has 3 unspecified atom stereocenters. The largest absolute Gasteiger partial charge is 0.396 e.